The minimum atomic E-state index is -3.00. The number of aryl methyl sites for hydroxylation is 1. The molecular weight excluding hydrogens is 250 g/mol. The van der Waals surface area contributed by atoms with Gasteiger partial charge in [0.05, 0.1) is 2.74 Å². The molecule has 0 aliphatic heterocycles. The minimum Gasteiger partial charge on any atom is -0.489 e. The topological polar surface area (TPSA) is 45.2 Å². The maximum absolute atomic E-state index is 9.51. The molecule has 102 valence electrons. The highest BCUT2D eigenvalue weighted by Gasteiger charge is 2.05. The monoisotopic (exact) mass is 271 g/mol. The summed E-state index contributed by atoms with van der Waals surface area (Å²) in [6.45, 7) is -2.62. The van der Waals surface area contributed by atoms with Crippen LogP contribution < -0.4 is 4.74 Å². The highest BCUT2D eigenvalue weighted by atomic mass is 16.5. The Morgan fingerprint density at radius 1 is 1.15 bits per heavy atom. The van der Waals surface area contributed by atoms with E-state index in [9.17, 15) is 5.11 Å². The van der Waals surface area contributed by atoms with Gasteiger partial charge in [0.1, 0.15) is 12.4 Å². The first kappa shape index (κ1) is 8.82. The Hall–Kier alpha value is -2.26. The lowest BCUT2D eigenvalue weighted by Gasteiger charge is -2.07. The molecule has 0 bridgehead atoms. The van der Waals surface area contributed by atoms with Crippen molar-refractivity contribution in [2.24, 2.45) is 0 Å². The standard InChI is InChI=1S/C17H17NO2/c19-9-8-14-11-18-17-7-6-15(10-16(14)17)20-12-13-4-2-1-3-5-13/h1-7,10-11,18-19H,8-9,12H2/i8D2,9D2. The van der Waals surface area contributed by atoms with E-state index in [0.717, 1.165) is 5.56 Å². The summed E-state index contributed by atoms with van der Waals surface area (Å²) in [5.74, 6) is 0.543. The van der Waals surface area contributed by atoms with E-state index in [-0.39, 0.29) is 5.56 Å². The zero-order valence-corrected chi connectivity index (χ0v) is 10.8. The van der Waals surface area contributed by atoms with Crippen LogP contribution in [0.2, 0.25) is 0 Å². The molecule has 2 aromatic carbocycles. The van der Waals surface area contributed by atoms with Gasteiger partial charge in [-0.05, 0) is 35.7 Å². The van der Waals surface area contributed by atoms with Crippen molar-refractivity contribution in [1.29, 1.82) is 0 Å². The Kier molecular flexibility index (Phi) is 2.56. The summed E-state index contributed by atoms with van der Waals surface area (Å²) >= 11 is 0. The van der Waals surface area contributed by atoms with Crippen LogP contribution in [0.4, 0.5) is 0 Å². The molecule has 0 saturated carbocycles. The Balaban J connectivity index is 1.91. The first-order valence-corrected chi connectivity index (χ1v) is 6.30. The number of H-pyrrole nitrogens is 1. The number of aromatic nitrogens is 1. The van der Waals surface area contributed by atoms with Crippen LogP contribution in [0.3, 0.4) is 0 Å². The van der Waals surface area contributed by atoms with Crippen molar-refractivity contribution in [2.75, 3.05) is 6.56 Å². The molecule has 2 N–H and O–H groups in total. The molecule has 3 heteroatoms. The number of benzene rings is 2. The molecule has 0 spiro atoms. The van der Waals surface area contributed by atoms with Crippen LogP contribution in [-0.2, 0) is 13.0 Å². The van der Waals surface area contributed by atoms with Crippen molar-refractivity contribution < 1.29 is 15.3 Å². The summed E-state index contributed by atoms with van der Waals surface area (Å²) in [4.78, 5) is 2.89. The van der Waals surface area contributed by atoms with Gasteiger partial charge in [-0.3, -0.25) is 0 Å². The van der Waals surface area contributed by atoms with Gasteiger partial charge in [-0.25, -0.2) is 0 Å². The second-order valence-corrected chi connectivity index (χ2v) is 4.42. The number of aromatic amines is 1. The number of ether oxygens (including phenoxy) is 1. The average Bonchev–Trinajstić information content (AvgIpc) is 2.96. The number of rotatable bonds is 5. The quantitative estimate of drug-likeness (QED) is 0.748. The van der Waals surface area contributed by atoms with Crippen LogP contribution in [0, 0.1) is 0 Å². The van der Waals surface area contributed by atoms with E-state index < -0.39 is 12.9 Å². The van der Waals surface area contributed by atoms with Gasteiger partial charge in [0.25, 0.3) is 0 Å². The maximum Gasteiger partial charge on any atom is 0.120 e. The lowest BCUT2D eigenvalue weighted by atomic mass is 10.1. The summed E-state index contributed by atoms with van der Waals surface area (Å²) in [6, 6.07) is 14.8. The first-order valence-electron chi connectivity index (χ1n) is 8.30. The number of hydrogen-bond donors (Lipinski definition) is 2. The van der Waals surface area contributed by atoms with Crippen molar-refractivity contribution in [3.63, 3.8) is 0 Å². The lowest BCUT2D eigenvalue weighted by Crippen LogP contribution is -1.95. The van der Waals surface area contributed by atoms with Gasteiger partial charge in [0.15, 0.2) is 0 Å². The molecule has 0 aliphatic carbocycles. The van der Waals surface area contributed by atoms with E-state index in [4.69, 9.17) is 10.2 Å². The van der Waals surface area contributed by atoms with Crippen LogP contribution in [-0.4, -0.2) is 16.6 Å². The van der Waals surface area contributed by atoms with Crippen molar-refractivity contribution in [2.45, 2.75) is 13.0 Å². The zero-order valence-electron chi connectivity index (χ0n) is 14.8. The molecule has 0 fully saturated rings. The maximum atomic E-state index is 9.51. The molecule has 3 rings (SSSR count). The highest BCUT2D eigenvalue weighted by Crippen LogP contribution is 2.24. The van der Waals surface area contributed by atoms with Gasteiger partial charge in [-0.2, -0.15) is 0 Å². The average molecular weight is 271 g/mol. The molecular formula is C17H17NO2. The predicted molar refractivity (Wildman–Crippen MR) is 79.9 cm³/mol. The Labute approximate surface area is 123 Å². The molecule has 0 unspecified atom stereocenters. The smallest absolute Gasteiger partial charge is 0.120 e. The van der Waals surface area contributed by atoms with Crippen LogP contribution >= 0.6 is 0 Å². The van der Waals surface area contributed by atoms with Crippen LogP contribution in [0.15, 0.2) is 54.7 Å². The minimum absolute atomic E-state index is 0.0511. The van der Waals surface area contributed by atoms with Crippen molar-refractivity contribution in [3.05, 3.63) is 65.9 Å². The van der Waals surface area contributed by atoms with Gasteiger partial charge in [-0.15, -0.1) is 0 Å². The van der Waals surface area contributed by atoms with Crippen molar-refractivity contribution in [1.82, 2.24) is 4.98 Å². The second kappa shape index (κ2) is 5.80. The molecule has 0 radical (unpaired) electrons. The van der Waals surface area contributed by atoms with Gasteiger partial charge in [0.2, 0.25) is 0 Å². The first-order chi connectivity index (χ1) is 11.3. The van der Waals surface area contributed by atoms with Crippen molar-refractivity contribution in [3.8, 4) is 5.75 Å². The van der Waals surface area contributed by atoms with E-state index in [2.05, 4.69) is 4.98 Å². The Morgan fingerprint density at radius 3 is 2.80 bits per heavy atom. The normalized spacial score (nSPS) is 15.2. The molecule has 0 atom stereocenters. The summed E-state index contributed by atoms with van der Waals surface area (Å²) in [5, 5.41) is 9.99. The molecule has 3 aromatic rings. The van der Waals surface area contributed by atoms with Gasteiger partial charge in [-0.1, -0.05) is 30.3 Å². The Morgan fingerprint density at radius 2 is 2.00 bits per heavy atom. The van der Waals surface area contributed by atoms with E-state index in [0.29, 0.717) is 23.3 Å². The summed E-state index contributed by atoms with van der Waals surface area (Å²) in [5.41, 5.74) is 1.70. The molecule has 0 aliphatic rings. The second-order valence-electron chi connectivity index (χ2n) is 4.42. The predicted octanol–water partition coefficient (Wildman–Crippen LogP) is 3.28. The molecule has 0 saturated heterocycles. The zero-order chi connectivity index (χ0) is 17.4. The fraction of sp³-hybridized carbons (Fsp3) is 0.176. The van der Waals surface area contributed by atoms with Crippen LogP contribution in [0.25, 0.3) is 10.9 Å². The molecule has 0 amide bonds. The third kappa shape index (κ3) is 2.68. The van der Waals surface area contributed by atoms with E-state index in [1.54, 1.807) is 18.2 Å². The van der Waals surface area contributed by atoms with Crippen molar-refractivity contribution >= 4 is 10.9 Å². The third-order valence-electron chi connectivity index (χ3n) is 3.09. The molecule has 20 heavy (non-hydrogen) atoms. The van der Waals surface area contributed by atoms with E-state index in [1.807, 2.05) is 30.3 Å². The fourth-order valence-corrected chi connectivity index (χ4v) is 2.09. The van der Waals surface area contributed by atoms with Gasteiger partial charge >= 0.3 is 0 Å². The number of nitrogens with one attached hydrogen (secondary N) is 1. The third-order valence-corrected chi connectivity index (χ3v) is 3.09. The van der Waals surface area contributed by atoms with Gasteiger partial charge in [0, 0.05) is 26.4 Å². The SMILES string of the molecule is [2H]C([2H])(O)C([2H])([2H])c1c[nH]c2ccc(OCc3ccccc3)cc12. The summed E-state index contributed by atoms with van der Waals surface area (Å²) in [6.07, 6.45) is -1.18. The number of fused-ring (bicyclic) bond motifs is 1. The molecule has 1 aromatic heterocycles. The Bertz CT molecular complexity index is 841. The van der Waals surface area contributed by atoms with E-state index in [1.165, 1.54) is 6.20 Å². The van der Waals surface area contributed by atoms with Gasteiger partial charge < -0.3 is 14.8 Å². The largest absolute Gasteiger partial charge is 0.489 e. The number of hydrogen-bond acceptors (Lipinski definition) is 2. The van der Waals surface area contributed by atoms with Crippen LogP contribution in [0.1, 0.15) is 16.6 Å². The highest BCUT2D eigenvalue weighted by molar-refractivity contribution is 5.84. The fourth-order valence-electron chi connectivity index (χ4n) is 2.09. The molecule has 3 nitrogen and oxygen atoms in total. The summed E-state index contributed by atoms with van der Waals surface area (Å²) < 4.78 is 36.2. The summed E-state index contributed by atoms with van der Waals surface area (Å²) in [7, 11) is 0. The van der Waals surface area contributed by atoms with E-state index >= 15 is 0 Å². The van der Waals surface area contributed by atoms with Crippen LogP contribution in [0.5, 0.6) is 5.75 Å². The lowest BCUT2D eigenvalue weighted by molar-refractivity contribution is 0.300. The molecule has 1 heterocycles. The number of aliphatic hydroxyl groups is 1.